The van der Waals surface area contributed by atoms with Crippen molar-refractivity contribution in [1.82, 2.24) is 14.3 Å². The summed E-state index contributed by atoms with van der Waals surface area (Å²) in [5, 5.41) is 10.9. The standard InChI is InChI=1S/C27H26FN5O3/c1-19-9-10-32-25(18-29-26(32)15-19)24(20-3-2-4-21(28)16-20)17-27(34)31-13-11-30(12-14-31)22-5-7-23(8-6-22)33(35)36/h2-10,15-16,18,24H,11-14,17H2,1H3. The Morgan fingerprint density at radius 3 is 2.53 bits per heavy atom. The number of rotatable bonds is 6. The number of non-ortho nitro benzene ring substituents is 1. The van der Waals surface area contributed by atoms with Gasteiger partial charge in [0.05, 0.1) is 10.6 Å². The fourth-order valence-corrected chi connectivity index (χ4v) is 4.78. The van der Waals surface area contributed by atoms with E-state index in [1.807, 2.05) is 40.6 Å². The fourth-order valence-electron chi connectivity index (χ4n) is 4.78. The van der Waals surface area contributed by atoms with Crippen molar-refractivity contribution in [3.63, 3.8) is 0 Å². The maximum atomic E-state index is 14.1. The van der Waals surface area contributed by atoms with Crippen LogP contribution in [0.15, 0.2) is 73.1 Å². The Kier molecular flexibility index (Phi) is 6.37. The van der Waals surface area contributed by atoms with E-state index in [0.717, 1.165) is 28.2 Å². The van der Waals surface area contributed by atoms with Crippen LogP contribution in [0, 0.1) is 22.9 Å². The SMILES string of the molecule is Cc1ccn2c(C(CC(=O)N3CCN(c4ccc([N+](=O)[O-])cc4)CC3)c3cccc(F)c3)cnc2c1. The molecule has 1 aliphatic rings. The Balaban J connectivity index is 1.33. The van der Waals surface area contributed by atoms with Gasteiger partial charge in [0.15, 0.2) is 0 Å². The summed E-state index contributed by atoms with van der Waals surface area (Å²) in [5.41, 5.74) is 4.40. The van der Waals surface area contributed by atoms with Gasteiger partial charge in [-0.15, -0.1) is 0 Å². The van der Waals surface area contributed by atoms with E-state index in [2.05, 4.69) is 9.88 Å². The third-order valence-corrected chi connectivity index (χ3v) is 6.74. The van der Waals surface area contributed by atoms with Gasteiger partial charge >= 0.3 is 0 Å². The van der Waals surface area contributed by atoms with Crippen molar-refractivity contribution >= 4 is 22.9 Å². The zero-order chi connectivity index (χ0) is 25.2. The van der Waals surface area contributed by atoms with E-state index in [9.17, 15) is 19.3 Å². The number of carbonyl (C=O) groups excluding carboxylic acids is 1. The molecule has 0 aliphatic carbocycles. The molecule has 5 rings (SSSR count). The van der Waals surface area contributed by atoms with Gasteiger partial charge in [-0.25, -0.2) is 9.37 Å². The Hall–Kier alpha value is -4.27. The molecule has 1 aliphatic heterocycles. The first-order valence-electron chi connectivity index (χ1n) is 11.9. The maximum absolute atomic E-state index is 14.1. The van der Waals surface area contributed by atoms with Gasteiger partial charge in [0.1, 0.15) is 11.5 Å². The molecular formula is C27H26FN5O3. The number of piperazine rings is 1. The first-order valence-corrected chi connectivity index (χ1v) is 11.9. The molecule has 2 aromatic heterocycles. The number of halogens is 1. The summed E-state index contributed by atoms with van der Waals surface area (Å²) in [4.78, 5) is 32.4. The molecule has 9 heteroatoms. The van der Waals surface area contributed by atoms with Crippen LogP contribution < -0.4 is 4.90 Å². The molecule has 2 aromatic carbocycles. The van der Waals surface area contributed by atoms with Crippen LogP contribution in [0.5, 0.6) is 0 Å². The van der Waals surface area contributed by atoms with Gasteiger partial charge < -0.3 is 14.2 Å². The lowest BCUT2D eigenvalue weighted by molar-refractivity contribution is -0.384. The first kappa shape index (κ1) is 23.5. The van der Waals surface area contributed by atoms with Gasteiger partial charge in [-0.2, -0.15) is 0 Å². The molecule has 184 valence electrons. The number of nitro groups is 1. The van der Waals surface area contributed by atoms with E-state index < -0.39 is 4.92 Å². The minimum absolute atomic E-state index is 0.00493. The Labute approximate surface area is 207 Å². The van der Waals surface area contributed by atoms with Gasteiger partial charge in [0.2, 0.25) is 5.91 Å². The van der Waals surface area contributed by atoms with Crippen molar-refractivity contribution in [2.75, 3.05) is 31.1 Å². The highest BCUT2D eigenvalue weighted by Crippen LogP contribution is 2.31. The molecule has 1 atom stereocenters. The highest BCUT2D eigenvalue weighted by molar-refractivity contribution is 5.78. The second kappa shape index (κ2) is 9.77. The minimum Gasteiger partial charge on any atom is -0.368 e. The van der Waals surface area contributed by atoms with Crippen molar-refractivity contribution < 1.29 is 14.1 Å². The molecule has 0 N–H and O–H groups in total. The molecule has 1 fully saturated rings. The third-order valence-electron chi connectivity index (χ3n) is 6.74. The summed E-state index contributed by atoms with van der Waals surface area (Å²) in [7, 11) is 0. The molecule has 1 saturated heterocycles. The molecule has 8 nitrogen and oxygen atoms in total. The maximum Gasteiger partial charge on any atom is 0.269 e. The third kappa shape index (κ3) is 4.77. The van der Waals surface area contributed by atoms with Gasteiger partial charge in [0, 0.05) is 68.7 Å². The van der Waals surface area contributed by atoms with Crippen LogP contribution >= 0.6 is 0 Å². The normalized spacial score (nSPS) is 14.7. The number of hydrogen-bond donors (Lipinski definition) is 0. The molecule has 1 amide bonds. The van der Waals surface area contributed by atoms with Crippen molar-refractivity contribution in [2.24, 2.45) is 0 Å². The predicted molar refractivity (Wildman–Crippen MR) is 135 cm³/mol. The van der Waals surface area contributed by atoms with Crippen LogP contribution in [-0.4, -0.2) is 51.3 Å². The topological polar surface area (TPSA) is 84.0 Å². The van der Waals surface area contributed by atoms with E-state index in [1.54, 1.807) is 24.4 Å². The minimum atomic E-state index is -0.416. The zero-order valence-corrected chi connectivity index (χ0v) is 19.9. The molecule has 0 radical (unpaired) electrons. The molecule has 0 bridgehead atoms. The number of fused-ring (bicyclic) bond motifs is 1. The smallest absolute Gasteiger partial charge is 0.269 e. The second-order valence-electron chi connectivity index (χ2n) is 9.07. The summed E-state index contributed by atoms with van der Waals surface area (Å²) in [6.45, 7) is 4.33. The van der Waals surface area contributed by atoms with Gasteiger partial charge in [-0.3, -0.25) is 14.9 Å². The zero-order valence-electron chi connectivity index (χ0n) is 19.9. The van der Waals surface area contributed by atoms with Gasteiger partial charge in [-0.1, -0.05) is 12.1 Å². The van der Waals surface area contributed by atoms with Crippen LogP contribution in [0.2, 0.25) is 0 Å². The number of imidazole rings is 1. The summed E-state index contributed by atoms with van der Waals surface area (Å²) in [5.74, 6) is -0.695. The molecule has 4 aromatic rings. The average Bonchev–Trinajstić information content (AvgIpc) is 3.30. The number of nitro benzene ring substituents is 1. The molecule has 1 unspecified atom stereocenters. The lowest BCUT2D eigenvalue weighted by Crippen LogP contribution is -2.49. The monoisotopic (exact) mass is 487 g/mol. The molecule has 36 heavy (non-hydrogen) atoms. The van der Waals surface area contributed by atoms with Gasteiger partial charge in [0.25, 0.3) is 5.69 Å². The van der Waals surface area contributed by atoms with E-state index in [4.69, 9.17) is 0 Å². The van der Waals surface area contributed by atoms with Crippen LogP contribution in [0.1, 0.15) is 29.2 Å². The summed E-state index contributed by atoms with van der Waals surface area (Å²) < 4.78 is 16.1. The quantitative estimate of drug-likeness (QED) is 0.294. The molecule has 0 saturated carbocycles. The van der Waals surface area contributed by atoms with Crippen molar-refractivity contribution in [2.45, 2.75) is 19.3 Å². The van der Waals surface area contributed by atoms with Crippen LogP contribution in [0.25, 0.3) is 5.65 Å². The number of carbonyl (C=O) groups is 1. The summed E-state index contributed by atoms with van der Waals surface area (Å²) in [6.07, 6.45) is 3.90. The van der Waals surface area contributed by atoms with Crippen molar-refractivity contribution in [3.8, 4) is 0 Å². The largest absolute Gasteiger partial charge is 0.368 e. The molecule has 0 spiro atoms. The van der Waals surface area contributed by atoms with Crippen molar-refractivity contribution in [3.05, 3.63) is 106 Å². The predicted octanol–water partition coefficient (Wildman–Crippen LogP) is 4.56. The number of pyridine rings is 1. The number of benzene rings is 2. The lowest BCUT2D eigenvalue weighted by atomic mass is 9.92. The number of anilines is 1. The number of aryl methyl sites for hydroxylation is 1. The molecular weight excluding hydrogens is 461 g/mol. The highest BCUT2D eigenvalue weighted by Gasteiger charge is 2.27. The number of nitrogens with zero attached hydrogens (tertiary/aromatic N) is 5. The van der Waals surface area contributed by atoms with Crippen LogP contribution in [-0.2, 0) is 4.79 Å². The Bertz CT molecular complexity index is 1410. The number of hydrogen-bond acceptors (Lipinski definition) is 5. The second-order valence-corrected chi connectivity index (χ2v) is 9.07. The van der Waals surface area contributed by atoms with Gasteiger partial charge in [-0.05, 0) is 54.4 Å². The lowest BCUT2D eigenvalue weighted by Gasteiger charge is -2.36. The first-order chi connectivity index (χ1) is 17.4. The fraction of sp³-hybridized carbons (Fsp3) is 0.259. The number of amides is 1. The van der Waals surface area contributed by atoms with Crippen LogP contribution in [0.4, 0.5) is 15.8 Å². The average molecular weight is 488 g/mol. The summed E-state index contributed by atoms with van der Waals surface area (Å²) in [6, 6.07) is 16.8. The van der Waals surface area contributed by atoms with Crippen molar-refractivity contribution in [1.29, 1.82) is 0 Å². The van der Waals surface area contributed by atoms with E-state index in [-0.39, 0.29) is 29.8 Å². The van der Waals surface area contributed by atoms with Crippen LogP contribution in [0.3, 0.4) is 0 Å². The summed E-state index contributed by atoms with van der Waals surface area (Å²) >= 11 is 0. The highest BCUT2D eigenvalue weighted by atomic mass is 19.1. The number of aromatic nitrogens is 2. The van der Waals surface area contributed by atoms with E-state index in [1.165, 1.54) is 24.3 Å². The molecule has 3 heterocycles. The van der Waals surface area contributed by atoms with E-state index in [0.29, 0.717) is 26.2 Å². The Morgan fingerprint density at radius 2 is 1.83 bits per heavy atom. The Morgan fingerprint density at radius 1 is 1.08 bits per heavy atom. The van der Waals surface area contributed by atoms with E-state index >= 15 is 0 Å².